The number of aromatic nitrogens is 3. The van der Waals surface area contributed by atoms with Gasteiger partial charge in [-0.3, -0.25) is 4.72 Å². The van der Waals surface area contributed by atoms with Crippen molar-refractivity contribution in [2.45, 2.75) is 0 Å². The van der Waals surface area contributed by atoms with Crippen molar-refractivity contribution in [2.75, 3.05) is 22.0 Å². The summed E-state index contributed by atoms with van der Waals surface area (Å²) in [6.07, 6.45) is 1.09. The molecule has 0 aliphatic carbocycles. The van der Waals surface area contributed by atoms with Crippen LogP contribution in [-0.4, -0.2) is 29.9 Å². The van der Waals surface area contributed by atoms with Crippen molar-refractivity contribution in [3.63, 3.8) is 0 Å². The van der Waals surface area contributed by atoms with Crippen molar-refractivity contribution >= 4 is 56.5 Å². The minimum atomic E-state index is -3.34. The van der Waals surface area contributed by atoms with E-state index in [0.29, 0.717) is 32.9 Å². The molecule has 0 atom stereocenters. The molecular weight excluding hydrogens is 399 g/mol. The van der Waals surface area contributed by atoms with Gasteiger partial charge in [0.05, 0.1) is 16.3 Å². The van der Waals surface area contributed by atoms with Gasteiger partial charge in [-0.25, -0.2) is 13.5 Å². The van der Waals surface area contributed by atoms with E-state index < -0.39 is 10.0 Å². The number of anilines is 4. The van der Waals surface area contributed by atoms with E-state index in [0.717, 1.165) is 11.8 Å². The Morgan fingerprint density at radius 1 is 1.08 bits per heavy atom. The van der Waals surface area contributed by atoms with Crippen LogP contribution in [0.4, 0.5) is 23.3 Å². The number of nitrogens with zero attached hydrogens (tertiary/aromatic N) is 2. The Labute approximate surface area is 159 Å². The van der Waals surface area contributed by atoms with Crippen molar-refractivity contribution < 1.29 is 8.42 Å². The van der Waals surface area contributed by atoms with Gasteiger partial charge in [0.15, 0.2) is 0 Å². The van der Waals surface area contributed by atoms with Gasteiger partial charge in [0, 0.05) is 16.9 Å². The number of sulfonamides is 1. The fourth-order valence-electron chi connectivity index (χ4n) is 2.30. The highest BCUT2D eigenvalue weighted by molar-refractivity contribution is 7.92. The third-order valence-corrected chi connectivity index (χ3v) is 4.48. The number of hydrogen-bond acceptors (Lipinski definition) is 6. The molecule has 0 saturated heterocycles. The number of halogens is 2. The summed E-state index contributed by atoms with van der Waals surface area (Å²) in [5.41, 5.74) is 7.89. The van der Waals surface area contributed by atoms with Crippen molar-refractivity contribution in [3.05, 3.63) is 46.4 Å². The zero-order valence-electron chi connectivity index (χ0n) is 13.4. The summed E-state index contributed by atoms with van der Waals surface area (Å²) in [5.74, 6) is 0.475. The number of rotatable bonds is 5. The number of aromatic amines is 1. The number of nitrogens with one attached hydrogen (secondary N) is 3. The smallest absolute Gasteiger partial charge is 0.248 e. The SMILES string of the molecule is CS(=O)(=O)Nc1ccc(-c2c(Cl)cc(Nc3n[nH]c(N)n3)cc2Cl)cc1. The summed E-state index contributed by atoms with van der Waals surface area (Å²) >= 11 is 12.8. The van der Waals surface area contributed by atoms with Gasteiger partial charge in [0.25, 0.3) is 0 Å². The number of benzene rings is 2. The zero-order chi connectivity index (χ0) is 18.9. The van der Waals surface area contributed by atoms with Crippen LogP contribution in [0.5, 0.6) is 0 Å². The molecule has 0 aliphatic rings. The van der Waals surface area contributed by atoms with E-state index in [1.54, 1.807) is 36.4 Å². The van der Waals surface area contributed by atoms with E-state index >= 15 is 0 Å². The maximum absolute atomic E-state index is 11.3. The van der Waals surface area contributed by atoms with Crippen molar-refractivity contribution in [1.29, 1.82) is 0 Å². The molecule has 1 aromatic heterocycles. The molecule has 0 saturated carbocycles. The Morgan fingerprint density at radius 3 is 2.19 bits per heavy atom. The first kappa shape index (κ1) is 18.3. The second-order valence-corrected chi connectivity index (χ2v) is 8.00. The molecule has 0 bridgehead atoms. The van der Waals surface area contributed by atoms with Gasteiger partial charge in [-0.05, 0) is 29.8 Å². The lowest BCUT2D eigenvalue weighted by Crippen LogP contribution is -2.09. The van der Waals surface area contributed by atoms with Crippen LogP contribution in [0.1, 0.15) is 0 Å². The lowest BCUT2D eigenvalue weighted by Gasteiger charge is -2.11. The van der Waals surface area contributed by atoms with Gasteiger partial charge in [-0.1, -0.05) is 35.3 Å². The first-order chi connectivity index (χ1) is 12.2. The Morgan fingerprint density at radius 2 is 1.69 bits per heavy atom. The minimum Gasteiger partial charge on any atom is -0.368 e. The summed E-state index contributed by atoms with van der Waals surface area (Å²) in [7, 11) is -3.34. The molecule has 3 aromatic rings. The van der Waals surface area contributed by atoms with Gasteiger partial charge >= 0.3 is 0 Å². The van der Waals surface area contributed by atoms with Gasteiger partial charge in [0.2, 0.25) is 21.9 Å². The Kier molecular flexibility index (Phi) is 4.94. The summed E-state index contributed by atoms with van der Waals surface area (Å²) < 4.78 is 24.9. The Bertz CT molecular complexity index is 1030. The lowest BCUT2D eigenvalue weighted by molar-refractivity contribution is 0.607. The topological polar surface area (TPSA) is 126 Å². The highest BCUT2D eigenvalue weighted by atomic mass is 35.5. The van der Waals surface area contributed by atoms with E-state index in [1.165, 1.54) is 0 Å². The fourth-order valence-corrected chi connectivity index (χ4v) is 3.57. The Balaban J connectivity index is 1.88. The molecule has 0 spiro atoms. The third kappa shape index (κ3) is 4.37. The van der Waals surface area contributed by atoms with Gasteiger partial charge < -0.3 is 11.1 Å². The van der Waals surface area contributed by atoms with Crippen molar-refractivity contribution in [2.24, 2.45) is 0 Å². The van der Waals surface area contributed by atoms with E-state index in [-0.39, 0.29) is 5.95 Å². The van der Waals surface area contributed by atoms with Gasteiger partial charge in [-0.15, -0.1) is 5.10 Å². The molecule has 0 radical (unpaired) electrons. The molecule has 2 aromatic carbocycles. The molecule has 0 fully saturated rings. The predicted molar refractivity (Wildman–Crippen MR) is 104 cm³/mol. The van der Waals surface area contributed by atoms with Crippen LogP contribution in [0, 0.1) is 0 Å². The molecule has 3 rings (SSSR count). The average molecular weight is 413 g/mol. The molecule has 0 amide bonds. The van der Waals surface area contributed by atoms with Crippen LogP contribution in [0.2, 0.25) is 10.0 Å². The minimum absolute atomic E-state index is 0.184. The summed E-state index contributed by atoms with van der Waals surface area (Å²) in [4.78, 5) is 3.94. The molecule has 8 nitrogen and oxygen atoms in total. The summed E-state index contributed by atoms with van der Waals surface area (Å²) in [5, 5.41) is 10.2. The zero-order valence-corrected chi connectivity index (χ0v) is 15.7. The molecule has 1 heterocycles. The van der Waals surface area contributed by atoms with Crippen LogP contribution in [-0.2, 0) is 10.0 Å². The van der Waals surface area contributed by atoms with E-state index in [1.807, 2.05) is 0 Å². The molecule has 136 valence electrons. The van der Waals surface area contributed by atoms with E-state index in [4.69, 9.17) is 28.9 Å². The Hall–Kier alpha value is -2.49. The lowest BCUT2D eigenvalue weighted by atomic mass is 10.0. The normalized spacial score (nSPS) is 11.3. The van der Waals surface area contributed by atoms with Gasteiger partial charge in [0.1, 0.15) is 0 Å². The number of hydrogen-bond donors (Lipinski definition) is 4. The standard InChI is InChI=1S/C15H14Cl2N6O2S/c1-26(24,25)23-9-4-2-8(3-5-9)13-11(16)6-10(7-12(13)17)19-15-20-14(18)21-22-15/h2-7,23H,1H3,(H4,18,19,20,21,22). The quantitative estimate of drug-likeness (QED) is 0.508. The third-order valence-electron chi connectivity index (χ3n) is 3.28. The van der Waals surface area contributed by atoms with Crippen LogP contribution in [0.15, 0.2) is 36.4 Å². The summed E-state index contributed by atoms with van der Waals surface area (Å²) in [6.45, 7) is 0. The van der Waals surface area contributed by atoms with Crippen LogP contribution in [0.25, 0.3) is 11.1 Å². The molecule has 5 N–H and O–H groups in total. The largest absolute Gasteiger partial charge is 0.368 e. The average Bonchev–Trinajstić information content (AvgIpc) is 2.92. The maximum atomic E-state index is 11.3. The number of nitrogens with two attached hydrogens (primary N) is 1. The molecule has 0 aliphatic heterocycles. The first-order valence-electron chi connectivity index (χ1n) is 7.23. The summed E-state index contributed by atoms with van der Waals surface area (Å²) in [6, 6.07) is 10.1. The number of nitrogen functional groups attached to an aromatic ring is 1. The van der Waals surface area contributed by atoms with Crippen LogP contribution >= 0.6 is 23.2 Å². The van der Waals surface area contributed by atoms with Gasteiger partial charge in [-0.2, -0.15) is 4.98 Å². The monoisotopic (exact) mass is 412 g/mol. The predicted octanol–water partition coefficient (Wildman–Crippen LogP) is 3.48. The first-order valence-corrected chi connectivity index (χ1v) is 9.88. The van der Waals surface area contributed by atoms with Crippen molar-refractivity contribution in [3.8, 4) is 11.1 Å². The van der Waals surface area contributed by atoms with Crippen LogP contribution < -0.4 is 15.8 Å². The molecule has 0 unspecified atom stereocenters. The fraction of sp³-hybridized carbons (Fsp3) is 0.0667. The highest BCUT2D eigenvalue weighted by Gasteiger charge is 2.12. The number of H-pyrrole nitrogens is 1. The maximum Gasteiger partial charge on any atom is 0.248 e. The molecule has 11 heteroatoms. The van der Waals surface area contributed by atoms with Crippen LogP contribution in [0.3, 0.4) is 0 Å². The highest BCUT2D eigenvalue weighted by Crippen LogP contribution is 2.38. The second-order valence-electron chi connectivity index (χ2n) is 5.44. The molecular formula is C15H14Cl2N6O2S. The van der Waals surface area contributed by atoms with Crippen molar-refractivity contribution in [1.82, 2.24) is 15.2 Å². The van der Waals surface area contributed by atoms with E-state index in [9.17, 15) is 8.42 Å². The van der Waals surface area contributed by atoms with E-state index in [2.05, 4.69) is 25.2 Å². The second kappa shape index (κ2) is 7.02. The molecule has 26 heavy (non-hydrogen) atoms.